The number of rotatable bonds is 3. The van der Waals surface area contributed by atoms with Crippen molar-refractivity contribution in [1.29, 1.82) is 0 Å². The molecule has 15 heavy (non-hydrogen) atoms. The van der Waals surface area contributed by atoms with Crippen molar-refractivity contribution < 1.29 is 13.5 Å². The number of benzene rings is 1. The van der Waals surface area contributed by atoms with E-state index >= 15 is 0 Å². The van der Waals surface area contributed by atoms with Gasteiger partial charge in [-0.25, -0.2) is 8.78 Å². The van der Waals surface area contributed by atoms with E-state index < -0.39 is 11.6 Å². The van der Waals surface area contributed by atoms with E-state index in [2.05, 4.69) is 5.32 Å². The molecule has 1 aliphatic rings. The summed E-state index contributed by atoms with van der Waals surface area (Å²) in [5.74, 6) is -0.454. The molecule has 0 aliphatic carbocycles. The maximum atomic E-state index is 13.2. The first-order chi connectivity index (χ1) is 7.25. The lowest BCUT2D eigenvalue weighted by molar-refractivity contribution is 0.187. The molecule has 1 N–H and O–H groups in total. The molecule has 1 atom stereocenters. The normalized spacial score (nSPS) is 20.5. The van der Waals surface area contributed by atoms with Gasteiger partial charge in [0, 0.05) is 19.1 Å². The van der Waals surface area contributed by atoms with Crippen LogP contribution in [0.5, 0.6) is 0 Å². The largest absolute Gasteiger partial charge is 0.382 e. The summed E-state index contributed by atoms with van der Waals surface area (Å²) >= 11 is 0. The number of anilines is 1. The predicted molar refractivity (Wildman–Crippen MR) is 53.8 cm³/mol. The molecule has 1 unspecified atom stereocenters. The zero-order valence-corrected chi connectivity index (χ0v) is 8.30. The fourth-order valence-corrected chi connectivity index (χ4v) is 1.63. The molecule has 0 spiro atoms. The lowest BCUT2D eigenvalue weighted by atomic mass is 10.1. The van der Waals surface area contributed by atoms with Gasteiger partial charge in [0.2, 0.25) is 0 Å². The molecule has 1 heterocycles. The van der Waals surface area contributed by atoms with Gasteiger partial charge in [-0.2, -0.15) is 0 Å². The Labute approximate surface area is 87.2 Å². The third-order valence-corrected chi connectivity index (χ3v) is 2.53. The Morgan fingerprint density at radius 1 is 1.40 bits per heavy atom. The van der Waals surface area contributed by atoms with E-state index in [1.807, 2.05) is 0 Å². The molecule has 2 rings (SSSR count). The van der Waals surface area contributed by atoms with Gasteiger partial charge in [0.05, 0.1) is 12.3 Å². The monoisotopic (exact) mass is 213 g/mol. The predicted octanol–water partition coefficient (Wildman–Crippen LogP) is 2.41. The molecule has 1 aromatic carbocycles. The van der Waals surface area contributed by atoms with Gasteiger partial charge in [-0.1, -0.05) is 0 Å². The number of hydrogen-bond acceptors (Lipinski definition) is 2. The minimum Gasteiger partial charge on any atom is -0.382 e. The first-order valence-electron chi connectivity index (χ1n) is 5.02. The van der Waals surface area contributed by atoms with Crippen LogP contribution in [-0.2, 0) is 4.74 Å². The van der Waals surface area contributed by atoms with E-state index in [0.717, 1.165) is 25.2 Å². The van der Waals surface area contributed by atoms with E-state index in [9.17, 15) is 8.78 Å². The van der Waals surface area contributed by atoms with E-state index in [0.29, 0.717) is 19.1 Å². The first kappa shape index (κ1) is 10.4. The summed E-state index contributed by atoms with van der Waals surface area (Å²) < 4.78 is 31.2. The van der Waals surface area contributed by atoms with Crippen LogP contribution in [0.25, 0.3) is 0 Å². The molecule has 1 aliphatic heterocycles. The topological polar surface area (TPSA) is 21.3 Å². The van der Waals surface area contributed by atoms with Gasteiger partial charge < -0.3 is 10.1 Å². The summed E-state index contributed by atoms with van der Waals surface area (Å²) in [4.78, 5) is 0. The van der Waals surface area contributed by atoms with Crippen molar-refractivity contribution in [2.45, 2.75) is 6.42 Å². The molecule has 2 nitrogen and oxygen atoms in total. The molecular weight excluding hydrogens is 200 g/mol. The van der Waals surface area contributed by atoms with Gasteiger partial charge in [0.25, 0.3) is 0 Å². The van der Waals surface area contributed by atoms with Gasteiger partial charge in [-0.15, -0.1) is 0 Å². The quantitative estimate of drug-likeness (QED) is 0.832. The second-order valence-electron chi connectivity index (χ2n) is 3.73. The highest BCUT2D eigenvalue weighted by molar-refractivity contribution is 5.44. The number of ether oxygens (including phenoxy) is 1. The van der Waals surface area contributed by atoms with Crippen molar-refractivity contribution in [1.82, 2.24) is 0 Å². The molecule has 1 aromatic rings. The Balaban J connectivity index is 1.94. The van der Waals surface area contributed by atoms with E-state index in [1.165, 1.54) is 6.07 Å². The lowest BCUT2D eigenvalue weighted by Crippen LogP contribution is -2.14. The van der Waals surface area contributed by atoms with Crippen LogP contribution in [0.1, 0.15) is 6.42 Å². The van der Waals surface area contributed by atoms with E-state index in [1.54, 1.807) is 0 Å². The Kier molecular flexibility index (Phi) is 3.16. The highest BCUT2D eigenvalue weighted by Gasteiger charge is 2.15. The molecule has 0 amide bonds. The molecule has 0 saturated carbocycles. The van der Waals surface area contributed by atoms with Gasteiger partial charge in [-0.05, 0) is 24.6 Å². The van der Waals surface area contributed by atoms with Gasteiger partial charge in [0.1, 0.15) is 11.6 Å². The van der Waals surface area contributed by atoms with Crippen LogP contribution in [-0.4, -0.2) is 19.8 Å². The Morgan fingerprint density at radius 2 is 2.27 bits per heavy atom. The van der Waals surface area contributed by atoms with Crippen molar-refractivity contribution in [2.75, 3.05) is 25.1 Å². The molecule has 0 aromatic heterocycles. The number of hydrogen-bond donors (Lipinski definition) is 1. The fourth-order valence-electron chi connectivity index (χ4n) is 1.63. The summed E-state index contributed by atoms with van der Waals surface area (Å²) in [5.41, 5.74) is 0.224. The SMILES string of the molecule is Fc1ccc(F)c(NCC2CCOC2)c1. The molecular formula is C11H13F2NO. The molecule has 0 radical (unpaired) electrons. The van der Waals surface area contributed by atoms with Crippen LogP contribution in [0.15, 0.2) is 18.2 Å². The highest BCUT2D eigenvalue weighted by atomic mass is 19.1. The van der Waals surface area contributed by atoms with Gasteiger partial charge in [0.15, 0.2) is 0 Å². The van der Waals surface area contributed by atoms with Crippen molar-refractivity contribution in [3.8, 4) is 0 Å². The smallest absolute Gasteiger partial charge is 0.146 e. The summed E-state index contributed by atoms with van der Waals surface area (Å²) in [7, 11) is 0. The Bertz CT molecular complexity index is 337. The molecule has 4 heteroatoms. The third-order valence-electron chi connectivity index (χ3n) is 2.53. The minimum atomic E-state index is -0.429. The summed E-state index contributed by atoms with van der Waals surface area (Å²) in [5, 5.41) is 2.90. The summed E-state index contributed by atoms with van der Waals surface area (Å²) in [6.45, 7) is 2.09. The average molecular weight is 213 g/mol. The van der Waals surface area contributed by atoms with Gasteiger partial charge >= 0.3 is 0 Å². The molecule has 82 valence electrons. The molecule has 1 fully saturated rings. The zero-order chi connectivity index (χ0) is 10.7. The Morgan fingerprint density at radius 3 is 3.00 bits per heavy atom. The zero-order valence-electron chi connectivity index (χ0n) is 8.30. The number of nitrogens with one attached hydrogen (secondary N) is 1. The van der Waals surface area contributed by atoms with Crippen molar-refractivity contribution in [3.05, 3.63) is 29.8 Å². The maximum absolute atomic E-state index is 13.2. The minimum absolute atomic E-state index is 0.224. The Hall–Kier alpha value is -1.16. The van der Waals surface area contributed by atoms with Gasteiger partial charge in [-0.3, -0.25) is 0 Å². The van der Waals surface area contributed by atoms with E-state index in [-0.39, 0.29) is 5.69 Å². The summed E-state index contributed by atoms with van der Waals surface area (Å²) in [6.07, 6.45) is 0.976. The maximum Gasteiger partial charge on any atom is 0.146 e. The third kappa shape index (κ3) is 2.65. The first-order valence-corrected chi connectivity index (χ1v) is 5.02. The van der Waals surface area contributed by atoms with Crippen LogP contribution in [0, 0.1) is 17.6 Å². The van der Waals surface area contributed by atoms with Crippen LogP contribution in [0.2, 0.25) is 0 Å². The van der Waals surface area contributed by atoms with Crippen molar-refractivity contribution >= 4 is 5.69 Å². The number of halogens is 2. The van der Waals surface area contributed by atoms with Crippen molar-refractivity contribution in [2.24, 2.45) is 5.92 Å². The summed E-state index contributed by atoms with van der Waals surface area (Å²) in [6, 6.07) is 3.41. The average Bonchev–Trinajstić information content (AvgIpc) is 2.72. The van der Waals surface area contributed by atoms with E-state index in [4.69, 9.17) is 4.74 Å². The standard InChI is InChI=1S/C11H13F2NO/c12-9-1-2-10(13)11(5-9)14-6-8-3-4-15-7-8/h1-2,5,8,14H,3-4,6-7H2. The lowest BCUT2D eigenvalue weighted by Gasteiger charge is -2.11. The molecule has 0 bridgehead atoms. The molecule has 1 saturated heterocycles. The fraction of sp³-hybridized carbons (Fsp3) is 0.455. The van der Waals surface area contributed by atoms with Crippen LogP contribution >= 0.6 is 0 Å². The van der Waals surface area contributed by atoms with Crippen LogP contribution in [0.3, 0.4) is 0 Å². The van der Waals surface area contributed by atoms with Crippen LogP contribution in [0.4, 0.5) is 14.5 Å². The second kappa shape index (κ2) is 4.57. The van der Waals surface area contributed by atoms with Crippen molar-refractivity contribution in [3.63, 3.8) is 0 Å². The highest BCUT2D eigenvalue weighted by Crippen LogP contribution is 2.18. The second-order valence-corrected chi connectivity index (χ2v) is 3.73. The van der Waals surface area contributed by atoms with Crippen LogP contribution < -0.4 is 5.32 Å².